The van der Waals surface area contributed by atoms with E-state index in [4.69, 9.17) is 4.74 Å². The van der Waals surface area contributed by atoms with Gasteiger partial charge in [0.15, 0.2) is 0 Å². The van der Waals surface area contributed by atoms with Gasteiger partial charge in [0.05, 0.1) is 18.7 Å². The number of rotatable bonds is 3. The Morgan fingerprint density at radius 2 is 1.96 bits per heavy atom. The maximum atomic E-state index is 5.27. The van der Waals surface area contributed by atoms with E-state index in [1.807, 2.05) is 24.3 Å². The van der Waals surface area contributed by atoms with Crippen LogP contribution in [0.4, 0.5) is 5.82 Å². The summed E-state index contributed by atoms with van der Waals surface area (Å²) >= 11 is 3.56. The summed E-state index contributed by atoms with van der Waals surface area (Å²) in [5, 5.41) is 1.09. The minimum absolute atomic E-state index is 0.341. The second-order valence-corrected chi connectivity index (χ2v) is 6.90. The van der Waals surface area contributed by atoms with Crippen molar-refractivity contribution in [3.8, 4) is 5.75 Å². The maximum absolute atomic E-state index is 5.27. The third-order valence-corrected chi connectivity index (χ3v) is 5.10. The standard InChI is InChI=1S/C19H18BrN3O/c1-24-15-7-4-13(5-8-15)18-3-2-10-23(18)19-16-11-14(20)6-9-17(16)21-12-22-19/h4-9,11-12,18H,2-3,10H2,1H3. The molecule has 1 atom stereocenters. The van der Waals surface area contributed by atoms with E-state index in [1.54, 1.807) is 13.4 Å². The molecule has 0 aliphatic carbocycles. The van der Waals surface area contributed by atoms with Gasteiger partial charge in [-0.2, -0.15) is 0 Å². The Labute approximate surface area is 149 Å². The zero-order valence-corrected chi connectivity index (χ0v) is 15.0. The van der Waals surface area contributed by atoms with E-state index < -0.39 is 0 Å². The molecule has 122 valence electrons. The van der Waals surface area contributed by atoms with Crippen LogP contribution in [0.15, 0.2) is 53.3 Å². The van der Waals surface area contributed by atoms with E-state index >= 15 is 0 Å². The SMILES string of the molecule is COc1ccc(C2CCCN2c2ncnc3ccc(Br)cc23)cc1. The van der Waals surface area contributed by atoms with Crippen molar-refractivity contribution >= 4 is 32.7 Å². The molecule has 1 fully saturated rings. The highest BCUT2D eigenvalue weighted by Crippen LogP contribution is 2.38. The van der Waals surface area contributed by atoms with Crippen LogP contribution in [0.5, 0.6) is 5.75 Å². The Balaban J connectivity index is 1.76. The second-order valence-electron chi connectivity index (χ2n) is 5.98. The van der Waals surface area contributed by atoms with Crippen molar-refractivity contribution in [2.45, 2.75) is 18.9 Å². The molecule has 5 heteroatoms. The minimum atomic E-state index is 0.341. The minimum Gasteiger partial charge on any atom is -0.497 e. The number of benzene rings is 2. The van der Waals surface area contributed by atoms with Crippen molar-refractivity contribution < 1.29 is 4.74 Å². The molecule has 0 radical (unpaired) electrons. The Morgan fingerprint density at radius 3 is 2.75 bits per heavy atom. The summed E-state index contributed by atoms with van der Waals surface area (Å²) in [6.07, 6.45) is 3.96. The number of aromatic nitrogens is 2. The molecule has 2 aromatic carbocycles. The number of halogens is 1. The summed E-state index contributed by atoms with van der Waals surface area (Å²) in [6, 6.07) is 14.9. The number of ether oxygens (including phenoxy) is 1. The van der Waals surface area contributed by atoms with Crippen LogP contribution >= 0.6 is 15.9 Å². The highest BCUT2D eigenvalue weighted by atomic mass is 79.9. The highest BCUT2D eigenvalue weighted by molar-refractivity contribution is 9.10. The first-order chi connectivity index (χ1) is 11.8. The fourth-order valence-electron chi connectivity index (χ4n) is 3.44. The van der Waals surface area contributed by atoms with Gasteiger partial charge in [0, 0.05) is 16.4 Å². The molecule has 0 amide bonds. The Kier molecular flexibility index (Phi) is 4.10. The summed E-state index contributed by atoms with van der Waals surface area (Å²) in [5.74, 6) is 1.90. The zero-order valence-electron chi connectivity index (χ0n) is 13.4. The van der Waals surface area contributed by atoms with E-state index in [1.165, 1.54) is 5.56 Å². The largest absolute Gasteiger partial charge is 0.497 e. The molecule has 4 nitrogen and oxygen atoms in total. The molecule has 0 spiro atoms. The van der Waals surface area contributed by atoms with Crippen LogP contribution in [0.2, 0.25) is 0 Å². The van der Waals surface area contributed by atoms with Gasteiger partial charge in [0.2, 0.25) is 0 Å². The van der Waals surface area contributed by atoms with Crippen molar-refractivity contribution in [2.24, 2.45) is 0 Å². The molecule has 3 aromatic rings. The van der Waals surface area contributed by atoms with Crippen LogP contribution < -0.4 is 9.64 Å². The molecule has 1 saturated heterocycles. The molecule has 0 N–H and O–H groups in total. The number of hydrogen-bond acceptors (Lipinski definition) is 4. The molecule has 1 aliphatic rings. The molecule has 0 saturated carbocycles. The normalized spacial score (nSPS) is 17.4. The van der Waals surface area contributed by atoms with Gasteiger partial charge >= 0.3 is 0 Å². The first kappa shape index (κ1) is 15.4. The predicted octanol–water partition coefficient (Wildman–Crippen LogP) is 4.74. The smallest absolute Gasteiger partial charge is 0.140 e. The van der Waals surface area contributed by atoms with Crippen molar-refractivity contribution in [1.82, 2.24) is 9.97 Å². The Bertz CT molecular complexity index is 866. The average Bonchev–Trinajstić information content (AvgIpc) is 3.10. The third-order valence-electron chi connectivity index (χ3n) is 4.60. The first-order valence-electron chi connectivity index (χ1n) is 8.07. The molecule has 0 bridgehead atoms. The van der Waals surface area contributed by atoms with Crippen molar-refractivity contribution in [3.05, 3.63) is 58.8 Å². The van der Waals surface area contributed by atoms with Gasteiger partial charge in [-0.05, 0) is 48.7 Å². The van der Waals surface area contributed by atoms with Crippen LogP contribution in [0.3, 0.4) is 0 Å². The maximum Gasteiger partial charge on any atom is 0.140 e. The quantitative estimate of drug-likeness (QED) is 0.654. The summed E-state index contributed by atoms with van der Waals surface area (Å²) in [5.41, 5.74) is 2.28. The van der Waals surface area contributed by atoms with Crippen molar-refractivity contribution in [1.29, 1.82) is 0 Å². The molecule has 1 aliphatic heterocycles. The van der Waals surface area contributed by atoms with Gasteiger partial charge in [-0.1, -0.05) is 28.1 Å². The van der Waals surface area contributed by atoms with E-state index in [0.717, 1.165) is 46.3 Å². The van der Waals surface area contributed by atoms with Crippen LogP contribution in [-0.4, -0.2) is 23.6 Å². The van der Waals surface area contributed by atoms with E-state index in [-0.39, 0.29) is 0 Å². The van der Waals surface area contributed by atoms with Crippen LogP contribution in [-0.2, 0) is 0 Å². The van der Waals surface area contributed by atoms with Crippen LogP contribution in [0, 0.1) is 0 Å². The topological polar surface area (TPSA) is 38.2 Å². The summed E-state index contributed by atoms with van der Waals surface area (Å²) in [6.45, 7) is 1.01. The lowest BCUT2D eigenvalue weighted by molar-refractivity contribution is 0.414. The summed E-state index contributed by atoms with van der Waals surface area (Å²) in [4.78, 5) is 11.4. The van der Waals surface area contributed by atoms with Crippen LogP contribution in [0.25, 0.3) is 10.9 Å². The summed E-state index contributed by atoms with van der Waals surface area (Å²) < 4.78 is 6.32. The molecule has 4 rings (SSSR count). The number of methoxy groups -OCH3 is 1. The second kappa shape index (κ2) is 6.40. The molecular formula is C19H18BrN3O. The molecule has 1 unspecified atom stereocenters. The third kappa shape index (κ3) is 2.73. The van der Waals surface area contributed by atoms with E-state index in [9.17, 15) is 0 Å². The fourth-order valence-corrected chi connectivity index (χ4v) is 3.80. The van der Waals surface area contributed by atoms with Gasteiger partial charge in [0.25, 0.3) is 0 Å². The zero-order chi connectivity index (χ0) is 16.5. The average molecular weight is 384 g/mol. The van der Waals surface area contributed by atoms with Crippen LogP contribution in [0.1, 0.15) is 24.4 Å². The van der Waals surface area contributed by atoms with E-state index in [0.29, 0.717) is 6.04 Å². The fraction of sp³-hybridized carbons (Fsp3) is 0.263. The van der Waals surface area contributed by atoms with Crippen molar-refractivity contribution in [3.63, 3.8) is 0 Å². The first-order valence-corrected chi connectivity index (χ1v) is 8.86. The Morgan fingerprint density at radius 1 is 1.12 bits per heavy atom. The lowest BCUT2D eigenvalue weighted by Crippen LogP contribution is -2.23. The van der Waals surface area contributed by atoms with Gasteiger partial charge < -0.3 is 9.64 Å². The van der Waals surface area contributed by atoms with E-state index in [2.05, 4.69) is 49.0 Å². The molecule has 24 heavy (non-hydrogen) atoms. The van der Waals surface area contributed by atoms with Gasteiger partial charge in [-0.3, -0.25) is 0 Å². The lowest BCUT2D eigenvalue weighted by atomic mass is 10.0. The summed E-state index contributed by atoms with van der Waals surface area (Å²) in [7, 11) is 1.70. The lowest BCUT2D eigenvalue weighted by Gasteiger charge is -2.27. The number of nitrogens with zero attached hydrogens (tertiary/aromatic N) is 3. The monoisotopic (exact) mass is 383 g/mol. The number of hydrogen-bond donors (Lipinski definition) is 0. The molecular weight excluding hydrogens is 366 g/mol. The predicted molar refractivity (Wildman–Crippen MR) is 99.6 cm³/mol. The van der Waals surface area contributed by atoms with Gasteiger partial charge in [-0.15, -0.1) is 0 Å². The van der Waals surface area contributed by atoms with Gasteiger partial charge in [-0.25, -0.2) is 9.97 Å². The number of anilines is 1. The van der Waals surface area contributed by atoms with Crippen molar-refractivity contribution in [2.75, 3.05) is 18.6 Å². The van der Waals surface area contributed by atoms with Gasteiger partial charge in [0.1, 0.15) is 17.9 Å². The molecule has 1 aromatic heterocycles. The number of fused-ring (bicyclic) bond motifs is 1. The molecule has 2 heterocycles. The Hall–Kier alpha value is -2.14. The highest BCUT2D eigenvalue weighted by Gasteiger charge is 2.28.